The van der Waals surface area contributed by atoms with Crippen LogP contribution < -0.4 is 30.7 Å². The first-order chi connectivity index (χ1) is 15.5. The third-order valence-electron chi connectivity index (χ3n) is 5.82. The minimum Gasteiger partial charge on any atom is -0.491 e. The van der Waals surface area contributed by atoms with Crippen molar-refractivity contribution in [3.8, 4) is 11.6 Å². The van der Waals surface area contributed by atoms with Gasteiger partial charge >= 0.3 is 0 Å². The first-order valence-corrected chi connectivity index (χ1v) is 11.3. The molecule has 2 aliphatic heterocycles. The second kappa shape index (κ2) is 8.44. The number of halogens is 1. The van der Waals surface area contributed by atoms with Gasteiger partial charge in [-0.05, 0) is 24.1 Å². The van der Waals surface area contributed by atoms with Crippen LogP contribution in [0.1, 0.15) is 15.2 Å². The van der Waals surface area contributed by atoms with Crippen molar-refractivity contribution in [3.63, 3.8) is 0 Å². The van der Waals surface area contributed by atoms with Gasteiger partial charge < -0.3 is 30.7 Å². The Bertz CT molecular complexity index is 1180. The average molecular weight is 458 g/mol. The third kappa shape index (κ3) is 3.80. The zero-order chi connectivity index (χ0) is 22.2. The van der Waals surface area contributed by atoms with Crippen molar-refractivity contribution in [2.45, 2.75) is 12.5 Å². The van der Waals surface area contributed by atoms with Gasteiger partial charge in [-0.1, -0.05) is 6.07 Å². The Balaban J connectivity index is 1.30. The topological polar surface area (TPSA) is 102 Å². The number of carbonyl (C=O) groups excluding carboxylic acids is 1. The zero-order valence-electron chi connectivity index (χ0n) is 17.6. The van der Waals surface area contributed by atoms with Gasteiger partial charge in [-0.2, -0.15) is 4.98 Å². The number of anilines is 2. The molecule has 0 spiro atoms. The van der Waals surface area contributed by atoms with Crippen molar-refractivity contribution >= 4 is 38.8 Å². The Morgan fingerprint density at radius 2 is 2.19 bits per heavy atom. The lowest BCUT2D eigenvalue weighted by Crippen LogP contribution is -2.44. The summed E-state index contributed by atoms with van der Waals surface area (Å²) in [5.74, 6) is -0.198. The summed E-state index contributed by atoms with van der Waals surface area (Å²) in [7, 11) is 1.34. The Morgan fingerprint density at radius 3 is 2.97 bits per heavy atom. The number of nitrogens with two attached hydrogens (primary N) is 1. The smallest absolute Gasteiger partial charge is 0.263 e. The van der Waals surface area contributed by atoms with Crippen molar-refractivity contribution < 1.29 is 18.7 Å². The Morgan fingerprint density at radius 1 is 1.38 bits per heavy atom. The fraction of sp³-hybridized carbons (Fsp3) is 0.364. The SMILES string of the molecule is COc1nc2sc(C(=O)N[C@H]3COc4cc(N5CCNCC5)ccc4C3)c(N)c2cc1F. The molecule has 8 nitrogen and oxygen atoms in total. The molecular weight excluding hydrogens is 433 g/mol. The average Bonchev–Trinajstić information content (AvgIpc) is 3.14. The minimum absolute atomic E-state index is 0.122. The highest BCUT2D eigenvalue weighted by Gasteiger charge is 2.26. The number of aromatic nitrogens is 1. The minimum atomic E-state index is -0.617. The maximum absolute atomic E-state index is 14.0. The molecule has 32 heavy (non-hydrogen) atoms. The van der Waals surface area contributed by atoms with E-state index < -0.39 is 5.82 Å². The van der Waals surface area contributed by atoms with Crippen molar-refractivity contribution in [2.75, 3.05) is 50.5 Å². The number of nitrogens with one attached hydrogen (secondary N) is 2. The second-order valence-corrected chi connectivity index (χ2v) is 8.89. The standard InChI is InChI=1S/C22H24FN5O3S/c1-30-21-16(23)10-15-18(24)19(32-22(15)27-21)20(29)26-13-8-12-2-3-14(9-17(12)31-11-13)28-6-4-25-5-7-28/h2-3,9-10,13,25H,4-8,11,24H2,1H3,(H,26,29)/t13-/m1/s1. The molecule has 0 aliphatic carbocycles. The first kappa shape index (κ1) is 20.8. The summed E-state index contributed by atoms with van der Waals surface area (Å²) >= 11 is 1.12. The van der Waals surface area contributed by atoms with E-state index in [2.05, 4.69) is 38.7 Å². The van der Waals surface area contributed by atoms with E-state index in [0.717, 1.165) is 54.5 Å². The number of methoxy groups -OCH3 is 1. The van der Waals surface area contributed by atoms with Crippen molar-refractivity contribution in [2.24, 2.45) is 0 Å². The maximum Gasteiger partial charge on any atom is 0.263 e. The van der Waals surface area contributed by atoms with Gasteiger partial charge in [0.2, 0.25) is 0 Å². The molecule has 2 aliphatic rings. The van der Waals surface area contributed by atoms with Gasteiger partial charge in [0.15, 0.2) is 5.82 Å². The van der Waals surface area contributed by atoms with Crippen LogP contribution in [0.2, 0.25) is 0 Å². The lowest BCUT2D eigenvalue weighted by atomic mass is 10.0. The molecule has 0 unspecified atom stereocenters. The van der Waals surface area contributed by atoms with Crippen molar-refractivity contribution in [1.82, 2.24) is 15.6 Å². The van der Waals surface area contributed by atoms with E-state index in [1.165, 1.54) is 13.2 Å². The van der Waals surface area contributed by atoms with Gasteiger partial charge in [-0.15, -0.1) is 11.3 Å². The quantitative estimate of drug-likeness (QED) is 0.552. The maximum atomic E-state index is 14.0. The predicted molar refractivity (Wildman–Crippen MR) is 123 cm³/mol. The fourth-order valence-corrected chi connectivity index (χ4v) is 5.11. The summed E-state index contributed by atoms with van der Waals surface area (Å²) in [5.41, 5.74) is 8.56. The van der Waals surface area contributed by atoms with Crippen LogP contribution in [0.25, 0.3) is 10.2 Å². The van der Waals surface area contributed by atoms with Crippen molar-refractivity contribution in [3.05, 3.63) is 40.5 Å². The number of rotatable bonds is 4. The number of hydrogen-bond acceptors (Lipinski definition) is 8. The van der Waals surface area contributed by atoms with Crippen LogP contribution in [0, 0.1) is 5.82 Å². The summed E-state index contributed by atoms with van der Waals surface area (Å²) in [6, 6.07) is 7.31. The number of amides is 1. The number of ether oxygens (including phenoxy) is 2. The summed E-state index contributed by atoms with van der Waals surface area (Å²) in [4.78, 5) is 20.1. The molecule has 1 atom stereocenters. The Hall–Kier alpha value is -3.11. The number of carbonyl (C=O) groups is 1. The number of piperazine rings is 1. The molecule has 1 fully saturated rings. The van der Waals surface area contributed by atoms with Gasteiger partial charge in [0, 0.05) is 43.3 Å². The van der Waals surface area contributed by atoms with E-state index >= 15 is 0 Å². The van der Waals surface area contributed by atoms with Crippen LogP contribution in [0.4, 0.5) is 15.8 Å². The van der Waals surface area contributed by atoms with E-state index in [1.807, 2.05) is 0 Å². The zero-order valence-corrected chi connectivity index (χ0v) is 18.4. The number of thiophene rings is 1. The molecule has 5 rings (SSSR count). The van der Waals surface area contributed by atoms with Crippen LogP contribution in [0.15, 0.2) is 24.3 Å². The normalized spacial score (nSPS) is 18.2. The van der Waals surface area contributed by atoms with E-state index in [0.29, 0.717) is 28.1 Å². The fourth-order valence-electron chi connectivity index (χ4n) is 4.14. The van der Waals surface area contributed by atoms with Gasteiger partial charge in [0.05, 0.1) is 18.8 Å². The van der Waals surface area contributed by atoms with Gasteiger partial charge in [-0.25, -0.2) is 4.39 Å². The molecule has 0 bridgehead atoms. The summed E-state index contributed by atoms with van der Waals surface area (Å²) in [5, 5.41) is 6.76. The number of hydrogen-bond donors (Lipinski definition) is 3. The lowest BCUT2D eigenvalue weighted by Gasteiger charge is -2.31. The van der Waals surface area contributed by atoms with Crippen LogP contribution in [-0.4, -0.2) is 56.8 Å². The van der Waals surface area contributed by atoms with Crippen molar-refractivity contribution in [1.29, 1.82) is 0 Å². The highest BCUT2D eigenvalue weighted by molar-refractivity contribution is 7.21. The summed E-state index contributed by atoms with van der Waals surface area (Å²) in [6.07, 6.45) is 0.661. The number of nitrogens with zero attached hydrogens (tertiary/aromatic N) is 2. The number of fused-ring (bicyclic) bond motifs is 2. The van der Waals surface area contributed by atoms with Crippen LogP contribution >= 0.6 is 11.3 Å². The van der Waals surface area contributed by atoms with Gasteiger partial charge in [-0.3, -0.25) is 4.79 Å². The monoisotopic (exact) mass is 457 g/mol. The van der Waals surface area contributed by atoms with E-state index in [1.54, 1.807) is 0 Å². The molecule has 4 N–H and O–H groups in total. The Labute approximate surface area is 188 Å². The van der Waals surface area contributed by atoms with Crippen LogP contribution in [0.5, 0.6) is 11.6 Å². The van der Waals surface area contributed by atoms with E-state index in [9.17, 15) is 9.18 Å². The van der Waals surface area contributed by atoms with E-state index in [4.69, 9.17) is 15.2 Å². The third-order valence-corrected chi connectivity index (χ3v) is 6.93. The summed E-state index contributed by atoms with van der Waals surface area (Å²) in [6.45, 7) is 4.26. The summed E-state index contributed by atoms with van der Waals surface area (Å²) < 4.78 is 24.9. The molecule has 10 heteroatoms. The number of benzene rings is 1. The van der Waals surface area contributed by atoms with E-state index in [-0.39, 0.29) is 23.5 Å². The molecule has 4 heterocycles. The molecule has 168 valence electrons. The largest absolute Gasteiger partial charge is 0.491 e. The molecule has 2 aromatic heterocycles. The molecule has 3 aromatic rings. The molecule has 0 radical (unpaired) electrons. The van der Waals surface area contributed by atoms with Gasteiger partial charge in [0.1, 0.15) is 22.1 Å². The Kier molecular flexibility index (Phi) is 5.48. The predicted octanol–water partition coefficient (Wildman–Crippen LogP) is 2.17. The first-order valence-electron chi connectivity index (χ1n) is 10.5. The highest BCUT2D eigenvalue weighted by Crippen LogP contribution is 2.35. The van der Waals surface area contributed by atoms with Crippen LogP contribution in [-0.2, 0) is 6.42 Å². The number of pyridine rings is 1. The van der Waals surface area contributed by atoms with Gasteiger partial charge in [0.25, 0.3) is 11.8 Å². The lowest BCUT2D eigenvalue weighted by molar-refractivity contribution is 0.0920. The molecule has 1 saturated heterocycles. The molecule has 0 saturated carbocycles. The molecule has 1 aromatic carbocycles. The molecule has 1 amide bonds. The highest BCUT2D eigenvalue weighted by atomic mass is 32.1. The number of nitrogen functional groups attached to an aromatic ring is 1. The second-order valence-electron chi connectivity index (χ2n) is 7.89. The molecular formula is C22H24FN5O3S. The van der Waals surface area contributed by atoms with Crippen LogP contribution in [0.3, 0.4) is 0 Å².